The maximum absolute atomic E-state index is 11.8. The third-order valence-corrected chi connectivity index (χ3v) is 3.64. The van der Waals surface area contributed by atoms with E-state index in [2.05, 4.69) is 35.2 Å². The summed E-state index contributed by atoms with van der Waals surface area (Å²) >= 11 is 0. The maximum atomic E-state index is 11.8. The van der Waals surface area contributed by atoms with E-state index in [-0.39, 0.29) is 12.1 Å². The van der Waals surface area contributed by atoms with Crippen molar-refractivity contribution in [2.75, 3.05) is 0 Å². The Hall–Kier alpha value is -2.68. The fraction of sp³-hybridized carbons (Fsp3) is 0.200. The smallest absolute Gasteiger partial charge is 0.338 e. The number of fused-ring (bicyclic) bond motifs is 1. The highest BCUT2D eigenvalue weighted by Gasteiger charge is 2.10. The van der Waals surface area contributed by atoms with Crippen LogP contribution in [-0.2, 0) is 11.3 Å². The maximum Gasteiger partial charge on any atom is 0.338 e. The van der Waals surface area contributed by atoms with Gasteiger partial charge in [-0.25, -0.2) is 9.36 Å². The molecular formula is C20H20NO2+. The van der Waals surface area contributed by atoms with Crippen molar-refractivity contribution in [2.45, 2.75) is 26.5 Å². The Morgan fingerprint density at radius 1 is 1.00 bits per heavy atom. The Bertz CT molecular complexity index is 822. The lowest BCUT2D eigenvalue weighted by Crippen LogP contribution is -2.33. The largest absolute Gasteiger partial charge is 0.459 e. The minimum Gasteiger partial charge on any atom is -0.459 e. The zero-order valence-electron chi connectivity index (χ0n) is 13.4. The average Bonchev–Trinajstić information content (AvgIpc) is 2.55. The van der Waals surface area contributed by atoms with Gasteiger partial charge in [-0.3, -0.25) is 0 Å². The van der Waals surface area contributed by atoms with E-state index in [1.807, 2.05) is 50.2 Å². The SMILES string of the molecule is CC(C)OC(=O)c1ccc(C[n+]2ccc3ccccc3c2)cc1. The molecule has 0 fully saturated rings. The first-order valence-electron chi connectivity index (χ1n) is 7.79. The molecule has 1 aromatic heterocycles. The van der Waals surface area contributed by atoms with Crippen LogP contribution < -0.4 is 4.57 Å². The summed E-state index contributed by atoms with van der Waals surface area (Å²) in [5.74, 6) is -0.273. The average molecular weight is 306 g/mol. The number of hydrogen-bond donors (Lipinski definition) is 0. The van der Waals surface area contributed by atoms with Gasteiger partial charge in [-0.15, -0.1) is 0 Å². The van der Waals surface area contributed by atoms with Gasteiger partial charge in [-0.2, -0.15) is 0 Å². The van der Waals surface area contributed by atoms with E-state index < -0.39 is 0 Å². The van der Waals surface area contributed by atoms with E-state index >= 15 is 0 Å². The second kappa shape index (κ2) is 6.61. The Kier molecular flexibility index (Phi) is 4.38. The number of rotatable bonds is 4. The quantitative estimate of drug-likeness (QED) is 0.543. The predicted octanol–water partition coefficient (Wildman–Crippen LogP) is 3.74. The van der Waals surface area contributed by atoms with Gasteiger partial charge in [-0.1, -0.05) is 30.3 Å². The number of benzene rings is 2. The summed E-state index contributed by atoms with van der Waals surface area (Å²) in [6.07, 6.45) is 4.11. The van der Waals surface area contributed by atoms with Gasteiger partial charge in [0.2, 0.25) is 0 Å². The lowest BCUT2D eigenvalue weighted by molar-refractivity contribution is -0.687. The molecular weight excluding hydrogens is 286 g/mol. The van der Waals surface area contributed by atoms with Crippen LogP contribution in [0.2, 0.25) is 0 Å². The molecule has 2 aromatic carbocycles. The molecule has 0 aliphatic rings. The van der Waals surface area contributed by atoms with Crippen LogP contribution in [0.15, 0.2) is 67.0 Å². The van der Waals surface area contributed by atoms with Crippen molar-refractivity contribution in [3.05, 3.63) is 78.1 Å². The second-order valence-corrected chi connectivity index (χ2v) is 5.90. The van der Waals surface area contributed by atoms with Crippen LogP contribution in [0.1, 0.15) is 29.8 Å². The number of carbonyl (C=O) groups is 1. The summed E-state index contributed by atoms with van der Waals surface area (Å²) in [5.41, 5.74) is 1.73. The van der Waals surface area contributed by atoms with Gasteiger partial charge in [-0.05, 0) is 37.4 Å². The van der Waals surface area contributed by atoms with Crippen molar-refractivity contribution in [1.82, 2.24) is 0 Å². The van der Waals surface area contributed by atoms with Crippen LogP contribution in [-0.4, -0.2) is 12.1 Å². The van der Waals surface area contributed by atoms with Crippen LogP contribution in [0.25, 0.3) is 10.8 Å². The molecule has 0 unspecified atom stereocenters. The minimum atomic E-state index is -0.273. The predicted molar refractivity (Wildman–Crippen MR) is 90.2 cm³/mol. The molecule has 0 saturated heterocycles. The first-order chi connectivity index (χ1) is 11.1. The van der Waals surface area contributed by atoms with E-state index in [1.165, 1.54) is 10.8 Å². The Balaban J connectivity index is 1.75. The highest BCUT2D eigenvalue weighted by atomic mass is 16.5. The first kappa shape index (κ1) is 15.2. The van der Waals surface area contributed by atoms with Gasteiger partial charge in [0, 0.05) is 17.0 Å². The van der Waals surface area contributed by atoms with Crippen molar-refractivity contribution >= 4 is 16.7 Å². The molecule has 0 spiro atoms. The lowest BCUT2D eigenvalue weighted by Gasteiger charge is -2.07. The number of hydrogen-bond acceptors (Lipinski definition) is 2. The molecule has 3 nitrogen and oxygen atoms in total. The first-order valence-corrected chi connectivity index (χ1v) is 7.79. The van der Waals surface area contributed by atoms with E-state index in [0.29, 0.717) is 5.56 Å². The molecule has 0 bridgehead atoms. The monoisotopic (exact) mass is 306 g/mol. The van der Waals surface area contributed by atoms with Crippen LogP contribution in [0.3, 0.4) is 0 Å². The van der Waals surface area contributed by atoms with Gasteiger partial charge in [0.15, 0.2) is 18.9 Å². The van der Waals surface area contributed by atoms with Gasteiger partial charge < -0.3 is 4.74 Å². The summed E-state index contributed by atoms with van der Waals surface area (Å²) in [7, 11) is 0. The van der Waals surface area contributed by atoms with Crippen LogP contribution in [0.5, 0.6) is 0 Å². The van der Waals surface area contributed by atoms with Crippen molar-refractivity contribution in [3.63, 3.8) is 0 Å². The number of nitrogens with zero attached hydrogens (tertiary/aromatic N) is 1. The molecule has 23 heavy (non-hydrogen) atoms. The van der Waals surface area contributed by atoms with Gasteiger partial charge in [0.25, 0.3) is 0 Å². The van der Waals surface area contributed by atoms with E-state index in [9.17, 15) is 4.79 Å². The highest BCUT2D eigenvalue weighted by molar-refractivity contribution is 5.89. The summed E-state index contributed by atoms with van der Waals surface area (Å²) in [6.45, 7) is 4.47. The van der Waals surface area contributed by atoms with E-state index in [0.717, 1.165) is 12.1 Å². The molecule has 3 heteroatoms. The Labute approximate surface area is 136 Å². The minimum absolute atomic E-state index is 0.102. The van der Waals surface area contributed by atoms with Crippen LogP contribution >= 0.6 is 0 Å². The molecule has 1 heterocycles. The normalized spacial score (nSPS) is 10.9. The molecule has 0 saturated carbocycles. The van der Waals surface area contributed by atoms with Gasteiger partial charge in [0.1, 0.15) is 0 Å². The summed E-state index contributed by atoms with van der Waals surface area (Å²) < 4.78 is 7.34. The number of pyridine rings is 1. The number of esters is 1. The zero-order valence-corrected chi connectivity index (χ0v) is 13.4. The molecule has 116 valence electrons. The molecule has 0 atom stereocenters. The van der Waals surface area contributed by atoms with Gasteiger partial charge >= 0.3 is 5.97 Å². The topological polar surface area (TPSA) is 30.2 Å². The molecule has 0 radical (unpaired) electrons. The van der Waals surface area contributed by atoms with E-state index in [4.69, 9.17) is 4.74 Å². The summed E-state index contributed by atoms with van der Waals surface area (Å²) in [6, 6.07) is 18.0. The van der Waals surface area contributed by atoms with Gasteiger partial charge in [0.05, 0.1) is 11.7 Å². The van der Waals surface area contributed by atoms with Crippen LogP contribution in [0, 0.1) is 0 Å². The third-order valence-electron chi connectivity index (χ3n) is 3.64. The zero-order chi connectivity index (χ0) is 16.2. The van der Waals surface area contributed by atoms with Crippen molar-refractivity contribution in [1.29, 1.82) is 0 Å². The summed E-state index contributed by atoms with van der Waals surface area (Å²) in [4.78, 5) is 11.8. The molecule has 0 N–H and O–H groups in total. The Morgan fingerprint density at radius 2 is 1.70 bits per heavy atom. The molecule has 3 aromatic rings. The highest BCUT2D eigenvalue weighted by Crippen LogP contribution is 2.11. The fourth-order valence-corrected chi connectivity index (χ4v) is 2.52. The molecule has 3 rings (SSSR count). The third kappa shape index (κ3) is 3.75. The van der Waals surface area contributed by atoms with Crippen molar-refractivity contribution in [2.24, 2.45) is 0 Å². The Morgan fingerprint density at radius 3 is 2.39 bits per heavy atom. The number of carbonyl (C=O) groups excluding carboxylic acids is 1. The van der Waals surface area contributed by atoms with Crippen molar-refractivity contribution < 1.29 is 14.1 Å². The number of aromatic nitrogens is 1. The van der Waals surface area contributed by atoms with Crippen LogP contribution in [0.4, 0.5) is 0 Å². The second-order valence-electron chi connectivity index (χ2n) is 5.90. The van der Waals surface area contributed by atoms with Crippen molar-refractivity contribution in [3.8, 4) is 0 Å². The molecule has 0 aliphatic heterocycles. The molecule has 0 aliphatic carbocycles. The lowest BCUT2D eigenvalue weighted by atomic mass is 10.1. The standard InChI is InChI=1S/C20H20NO2/c1-15(2)23-20(22)18-9-7-16(8-10-18)13-21-12-11-17-5-3-4-6-19(17)14-21/h3-12,14-15H,13H2,1-2H3/q+1. The number of ether oxygens (including phenoxy) is 1. The molecule has 0 amide bonds. The van der Waals surface area contributed by atoms with E-state index in [1.54, 1.807) is 0 Å². The fourth-order valence-electron chi connectivity index (χ4n) is 2.52. The summed E-state index contributed by atoms with van der Waals surface area (Å²) in [5, 5.41) is 2.45.